The zero-order chi connectivity index (χ0) is 21.8. The Kier molecular flexibility index (Phi) is 24.7. The van der Waals surface area contributed by atoms with Crippen LogP contribution in [0.25, 0.3) is 0 Å². The number of Topliss-reactive ketones (excluding diaryl/α,β-unsaturated/α-hetero) is 2. The number of aliphatic hydroxyl groups is 1. The molecule has 0 bridgehead atoms. The van der Waals surface area contributed by atoms with E-state index in [2.05, 4.69) is 42.9 Å². The number of alkyl halides is 1. The van der Waals surface area contributed by atoms with E-state index in [1.54, 1.807) is 6.92 Å². The molecule has 0 aromatic rings. The van der Waals surface area contributed by atoms with E-state index in [9.17, 15) is 9.59 Å². The van der Waals surface area contributed by atoms with Crippen molar-refractivity contribution in [1.29, 1.82) is 0 Å². The standard InChI is InChI=1S/C12H22O.C6H12O2.C5H9Br/c1-5-6-7-8-9-12(10(2)3)11(4)13;1-4(2)6(8)5(3)7;1-2-3-4-5-6/h5,10,12H,1,6-9H2,2-4H3;4,6,8H,1-3H3;2H,1,3-5H2/t12-;6-;/m00./s1. The minimum atomic E-state index is -0.769. The van der Waals surface area contributed by atoms with Crippen molar-refractivity contribution in [2.24, 2.45) is 17.8 Å². The van der Waals surface area contributed by atoms with E-state index >= 15 is 0 Å². The number of aliphatic hydroxyl groups excluding tert-OH is 1. The van der Waals surface area contributed by atoms with Crippen LogP contribution in [0.1, 0.15) is 80.1 Å². The molecule has 0 radical (unpaired) electrons. The van der Waals surface area contributed by atoms with Gasteiger partial charge in [0.25, 0.3) is 0 Å². The van der Waals surface area contributed by atoms with Crippen LogP contribution >= 0.6 is 15.9 Å². The van der Waals surface area contributed by atoms with E-state index in [1.165, 1.54) is 19.8 Å². The quantitative estimate of drug-likeness (QED) is 0.210. The minimum Gasteiger partial charge on any atom is -0.385 e. The normalized spacial score (nSPS) is 12.2. The van der Waals surface area contributed by atoms with Gasteiger partial charge in [-0.1, -0.05) is 62.2 Å². The summed E-state index contributed by atoms with van der Waals surface area (Å²) in [5.74, 6) is 0.993. The Morgan fingerprint density at radius 3 is 1.59 bits per heavy atom. The van der Waals surface area contributed by atoms with Gasteiger partial charge in [0.2, 0.25) is 0 Å². The van der Waals surface area contributed by atoms with Gasteiger partial charge in [-0.25, -0.2) is 0 Å². The summed E-state index contributed by atoms with van der Waals surface area (Å²) in [6, 6.07) is 0. The Bertz CT molecular complexity index is 389. The van der Waals surface area contributed by atoms with E-state index in [-0.39, 0.29) is 17.6 Å². The molecule has 0 rings (SSSR count). The SMILES string of the molecule is C=CCCCBr.C=CCCCC[C@H](C(C)=O)C(C)C.CC(=O)[C@@H](O)C(C)C. The van der Waals surface area contributed by atoms with Gasteiger partial charge >= 0.3 is 0 Å². The molecule has 1 N–H and O–H groups in total. The Labute approximate surface area is 176 Å². The Morgan fingerprint density at radius 1 is 0.889 bits per heavy atom. The molecule has 0 aromatic heterocycles. The van der Waals surface area contributed by atoms with Crippen LogP contribution in [0.2, 0.25) is 0 Å². The van der Waals surface area contributed by atoms with Gasteiger partial charge in [0.1, 0.15) is 11.9 Å². The highest BCUT2D eigenvalue weighted by Gasteiger charge is 2.17. The number of ketones is 2. The van der Waals surface area contributed by atoms with Gasteiger partial charge in [0, 0.05) is 11.2 Å². The van der Waals surface area contributed by atoms with Gasteiger partial charge in [-0.05, 0) is 57.8 Å². The maximum atomic E-state index is 11.2. The lowest BCUT2D eigenvalue weighted by Crippen LogP contribution is -2.22. The third-order valence-electron chi connectivity index (χ3n) is 4.09. The number of unbranched alkanes of at least 4 members (excludes halogenated alkanes) is 3. The molecule has 0 heterocycles. The predicted molar refractivity (Wildman–Crippen MR) is 122 cm³/mol. The zero-order valence-electron chi connectivity index (χ0n) is 18.5. The van der Waals surface area contributed by atoms with Crippen molar-refractivity contribution >= 4 is 27.5 Å². The van der Waals surface area contributed by atoms with E-state index in [0.717, 1.165) is 31.0 Å². The van der Waals surface area contributed by atoms with Crippen LogP contribution < -0.4 is 0 Å². The second-order valence-corrected chi connectivity index (χ2v) is 8.25. The van der Waals surface area contributed by atoms with E-state index in [0.29, 0.717) is 11.7 Å². The second-order valence-electron chi connectivity index (χ2n) is 7.45. The first kappa shape index (κ1) is 31.0. The summed E-state index contributed by atoms with van der Waals surface area (Å²) in [6.45, 7) is 18.2. The molecule has 0 spiro atoms. The summed E-state index contributed by atoms with van der Waals surface area (Å²) >= 11 is 3.30. The summed E-state index contributed by atoms with van der Waals surface area (Å²) in [5.41, 5.74) is 0. The topological polar surface area (TPSA) is 54.4 Å². The number of carbonyl (C=O) groups is 2. The van der Waals surface area contributed by atoms with Crippen LogP contribution in [0.4, 0.5) is 0 Å². The third kappa shape index (κ3) is 23.2. The van der Waals surface area contributed by atoms with Crippen molar-refractivity contribution in [3.8, 4) is 0 Å². The fourth-order valence-corrected chi connectivity index (χ4v) is 2.67. The van der Waals surface area contributed by atoms with E-state index in [1.807, 2.05) is 26.0 Å². The molecule has 4 heteroatoms. The highest BCUT2D eigenvalue weighted by molar-refractivity contribution is 9.09. The summed E-state index contributed by atoms with van der Waals surface area (Å²) in [4.78, 5) is 21.6. The number of allylic oxidation sites excluding steroid dienone is 2. The predicted octanol–water partition coefficient (Wildman–Crippen LogP) is 6.53. The first-order valence-electron chi connectivity index (χ1n) is 10.0. The number of halogens is 1. The fraction of sp³-hybridized carbons (Fsp3) is 0.739. The molecule has 2 atom stereocenters. The van der Waals surface area contributed by atoms with Crippen molar-refractivity contribution in [3.05, 3.63) is 25.3 Å². The van der Waals surface area contributed by atoms with Crippen LogP contribution in [0.15, 0.2) is 25.3 Å². The Morgan fingerprint density at radius 2 is 1.37 bits per heavy atom. The van der Waals surface area contributed by atoms with Gasteiger partial charge in [0.05, 0.1) is 0 Å². The average Bonchev–Trinajstić information content (AvgIpc) is 2.59. The van der Waals surface area contributed by atoms with Gasteiger partial charge in [0.15, 0.2) is 5.78 Å². The Hall–Kier alpha value is -0.740. The van der Waals surface area contributed by atoms with Crippen molar-refractivity contribution in [2.75, 3.05) is 5.33 Å². The summed E-state index contributed by atoms with van der Waals surface area (Å²) in [5, 5.41) is 9.95. The summed E-state index contributed by atoms with van der Waals surface area (Å²) in [6.07, 6.45) is 9.88. The lowest BCUT2D eigenvalue weighted by Gasteiger charge is -2.17. The van der Waals surface area contributed by atoms with Crippen LogP contribution in [0.5, 0.6) is 0 Å². The largest absolute Gasteiger partial charge is 0.385 e. The second kappa shape index (κ2) is 21.6. The van der Waals surface area contributed by atoms with Crippen LogP contribution in [0.3, 0.4) is 0 Å². The smallest absolute Gasteiger partial charge is 0.158 e. The molecule has 160 valence electrons. The molecule has 27 heavy (non-hydrogen) atoms. The van der Waals surface area contributed by atoms with Crippen molar-refractivity contribution < 1.29 is 14.7 Å². The molecule has 0 amide bonds. The number of rotatable bonds is 12. The number of carbonyl (C=O) groups excluding carboxylic acids is 2. The van der Waals surface area contributed by atoms with Gasteiger partial charge in [-0.2, -0.15) is 0 Å². The number of hydrogen-bond acceptors (Lipinski definition) is 3. The van der Waals surface area contributed by atoms with Crippen molar-refractivity contribution in [3.63, 3.8) is 0 Å². The van der Waals surface area contributed by atoms with Crippen LogP contribution in [0, 0.1) is 17.8 Å². The first-order valence-corrected chi connectivity index (χ1v) is 11.1. The molecule has 0 fully saturated rings. The highest BCUT2D eigenvalue weighted by Crippen LogP contribution is 2.19. The molecule has 0 aliphatic carbocycles. The molecule has 0 unspecified atom stereocenters. The molecule has 3 nitrogen and oxygen atoms in total. The molecule has 0 aliphatic rings. The lowest BCUT2D eigenvalue weighted by molar-refractivity contribution is -0.126. The van der Waals surface area contributed by atoms with Crippen LogP contribution in [-0.4, -0.2) is 28.1 Å². The molecular formula is C23H43BrO3. The zero-order valence-corrected chi connectivity index (χ0v) is 20.1. The lowest BCUT2D eigenvalue weighted by atomic mass is 9.87. The third-order valence-corrected chi connectivity index (χ3v) is 4.65. The maximum absolute atomic E-state index is 11.2. The van der Waals surface area contributed by atoms with E-state index in [4.69, 9.17) is 5.11 Å². The molecule has 0 saturated heterocycles. The van der Waals surface area contributed by atoms with Gasteiger partial charge in [-0.15, -0.1) is 13.2 Å². The molecule has 0 saturated carbocycles. The highest BCUT2D eigenvalue weighted by atomic mass is 79.9. The van der Waals surface area contributed by atoms with Gasteiger partial charge < -0.3 is 5.11 Å². The monoisotopic (exact) mass is 446 g/mol. The molecule has 0 aliphatic heterocycles. The number of hydrogen-bond donors (Lipinski definition) is 1. The molecular weight excluding hydrogens is 404 g/mol. The van der Waals surface area contributed by atoms with Crippen LogP contribution in [-0.2, 0) is 9.59 Å². The first-order chi connectivity index (χ1) is 12.6. The van der Waals surface area contributed by atoms with Crippen molar-refractivity contribution in [1.82, 2.24) is 0 Å². The molecule has 0 aromatic carbocycles. The summed E-state index contributed by atoms with van der Waals surface area (Å²) in [7, 11) is 0. The Balaban J connectivity index is -0.000000351. The fourth-order valence-electron chi connectivity index (χ4n) is 2.35. The van der Waals surface area contributed by atoms with Gasteiger partial charge in [-0.3, -0.25) is 9.59 Å². The summed E-state index contributed by atoms with van der Waals surface area (Å²) < 4.78 is 0. The van der Waals surface area contributed by atoms with E-state index < -0.39 is 6.10 Å². The minimum absolute atomic E-state index is 0.0486. The average molecular weight is 447 g/mol. The maximum Gasteiger partial charge on any atom is 0.158 e. The van der Waals surface area contributed by atoms with Crippen molar-refractivity contribution in [2.45, 2.75) is 86.2 Å².